The first-order chi connectivity index (χ1) is 9.51. The summed E-state index contributed by atoms with van der Waals surface area (Å²) in [5.74, 6) is 0. The zero-order valence-electron chi connectivity index (χ0n) is 10.2. The molecule has 2 unspecified atom stereocenters. The summed E-state index contributed by atoms with van der Waals surface area (Å²) < 4.78 is 78.5. The van der Waals surface area contributed by atoms with Crippen molar-refractivity contribution in [3.63, 3.8) is 0 Å². The highest BCUT2D eigenvalue weighted by molar-refractivity contribution is 7.89. The van der Waals surface area contributed by atoms with Crippen molar-refractivity contribution in [2.24, 2.45) is 0 Å². The lowest BCUT2D eigenvalue weighted by Gasteiger charge is -2.13. The Morgan fingerprint density at radius 1 is 1.33 bits per heavy atom. The highest BCUT2D eigenvalue weighted by Crippen LogP contribution is 2.13. The van der Waals surface area contributed by atoms with Crippen LogP contribution in [0.4, 0.5) is 5.69 Å². The van der Waals surface area contributed by atoms with Gasteiger partial charge in [0.2, 0.25) is 10.0 Å². The first kappa shape index (κ1) is 18.0. The van der Waals surface area contributed by atoms with Crippen molar-refractivity contribution in [3.8, 4) is 0 Å². The largest absolute Gasteiger partial charge is 0.399 e. The molecule has 0 radical (unpaired) electrons. The van der Waals surface area contributed by atoms with Crippen LogP contribution in [0.5, 0.6) is 0 Å². The van der Waals surface area contributed by atoms with Crippen LogP contribution in [0.1, 0.15) is 0 Å². The molecule has 0 saturated carbocycles. The van der Waals surface area contributed by atoms with E-state index >= 15 is 0 Å². The van der Waals surface area contributed by atoms with Crippen molar-refractivity contribution < 1.29 is 34.3 Å². The predicted molar refractivity (Wildman–Crippen MR) is 73.2 cm³/mol. The Kier molecular flexibility index (Phi) is 5.80. The molecule has 0 aliphatic rings. The molecule has 0 aliphatic carbocycles. The Labute approximate surface area is 123 Å². The lowest BCUT2D eigenvalue weighted by molar-refractivity contribution is 0.237. The van der Waals surface area contributed by atoms with E-state index in [2.05, 4.69) is 4.18 Å². The van der Waals surface area contributed by atoms with Crippen LogP contribution in [0.2, 0.25) is 0 Å². The summed E-state index contributed by atoms with van der Waals surface area (Å²) in [6.07, 6.45) is 0. The van der Waals surface area contributed by atoms with Crippen molar-refractivity contribution >= 4 is 37.2 Å². The number of sulfonamides is 1. The molecule has 0 spiro atoms. The normalized spacial score (nSPS) is 15.5. The molecule has 10 nitrogen and oxygen atoms in total. The van der Waals surface area contributed by atoms with Crippen LogP contribution < -0.4 is 10.5 Å². The monoisotopic (exact) mass is 360 g/mol. The molecule has 2 atom stereocenters. The quantitative estimate of drug-likeness (QED) is 0.268. The first-order valence-corrected chi connectivity index (χ1v) is 9.13. The summed E-state index contributed by atoms with van der Waals surface area (Å²) in [5.41, 5.74) is 3.60. The molecule has 5 N–H and O–H groups in total. The summed E-state index contributed by atoms with van der Waals surface area (Å²) in [5, 5.41) is 0. The van der Waals surface area contributed by atoms with E-state index in [0.29, 0.717) is 0 Å². The number of nitrogen functional groups attached to an aromatic ring is 1. The van der Waals surface area contributed by atoms with Crippen LogP contribution >= 0.6 is 0 Å². The highest BCUT2D eigenvalue weighted by Gasteiger charge is 2.25. The minimum absolute atomic E-state index is 0.175. The second-order valence-electron chi connectivity index (χ2n) is 3.65. The number of benzene rings is 1. The Morgan fingerprint density at radius 3 is 2.43 bits per heavy atom. The smallest absolute Gasteiger partial charge is 0.398 e. The van der Waals surface area contributed by atoms with Gasteiger partial charge in [0.1, 0.15) is 0 Å². The van der Waals surface area contributed by atoms with E-state index < -0.39 is 43.5 Å². The topological polar surface area (TPSA) is 173 Å². The van der Waals surface area contributed by atoms with Gasteiger partial charge in [-0.15, -0.1) is 0 Å². The first-order valence-electron chi connectivity index (χ1n) is 5.12. The second kappa shape index (κ2) is 6.78. The number of anilines is 1. The van der Waals surface area contributed by atoms with Gasteiger partial charge in [-0.2, -0.15) is 8.42 Å². The van der Waals surface area contributed by atoms with Crippen LogP contribution in [0.3, 0.4) is 0 Å². The van der Waals surface area contributed by atoms with Crippen LogP contribution in [0.15, 0.2) is 29.2 Å². The fraction of sp³-hybridized carbons (Fsp3) is 0.250. The van der Waals surface area contributed by atoms with E-state index in [1.807, 2.05) is 4.72 Å². The highest BCUT2D eigenvalue weighted by atomic mass is 32.3. The van der Waals surface area contributed by atoms with Crippen molar-refractivity contribution in [1.29, 1.82) is 0 Å². The lowest BCUT2D eigenvalue weighted by Crippen LogP contribution is -2.37. The van der Waals surface area contributed by atoms with Gasteiger partial charge in [0.25, 0.3) is 0 Å². The summed E-state index contributed by atoms with van der Waals surface area (Å²) in [7, 11) is -9.11. The fourth-order valence-electron chi connectivity index (χ4n) is 1.22. The van der Waals surface area contributed by atoms with E-state index in [4.69, 9.17) is 14.8 Å². The maximum absolute atomic E-state index is 11.9. The van der Waals surface area contributed by atoms with Gasteiger partial charge >= 0.3 is 10.4 Å². The van der Waals surface area contributed by atoms with Crippen molar-refractivity contribution in [3.05, 3.63) is 24.3 Å². The molecule has 0 bridgehead atoms. The van der Waals surface area contributed by atoms with E-state index in [9.17, 15) is 21.0 Å². The van der Waals surface area contributed by atoms with Crippen molar-refractivity contribution in [2.45, 2.75) is 10.3 Å². The van der Waals surface area contributed by atoms with Gasteiger partial charge in [0, 0.05) is 5.69 Å². The zero-order chi connectivity index (χ0) is 16.3. The SMILES string of the molecule is Nc1cccc(S(=O)(=O)NCC(OS(=O)(=O)O)S(=O)O)c1. The summed E-state index contributed by atoms with van der Waals surface area (Å²) in [6, 6.07) is 5.18. The third-order valence-corrected chi connectivity index (χ3v) is 4.79. The van der Waals surface area contributed by atoms with E-state index in [1.165, 1.54) is 18.2 Å². The van der Waals surface area contributed by atoms with Crippen LogP contribution in [0, 0.1) is 0 Å². The zero-order valence-corrected chi connectivity index (χ0v) is 12.7. The molecule has 1 aromatic rings. The molecule has 13 heteroatoms. The number of rotatable bonds is 7. The van der Waals surface area contributed by atoms with Gasteiger partial charge in [0.15, 0.2) is 16.5 Å². The molecular formula is C8H12N2O8S3. The molecular weight excluding hydrogens is 348 g/mol. The number of hydrogen-bond donors (Lipinski definition) is 4. The number of nitrogens with two attached hydrogens (primary N) is 1. The third kappa shape index (κ3) is 6.04. The fourth-order valence-corrected chi connectivity index (χ4v) is 3.54. The minimum atomic E-state index is -5.02. The van der Waals surface area contributed by atoms with Crippen LogP contribution in [0.25, 0.3) is 0 Å². The summed E-state index contributed by atoms with van der Waals surface area (Å²) >= 11 is -2.86. The predicted octanol–water partition coefficient (Wildman–Crippen LogP) is -1.09. The Balaban J connectivity index is 2.86. The van der Waals surface area contributed by atoms with E-state index in [-0.39, 0.29) is 10.6 Å². The molecule has 0 amide bonds. The molecule has 1 rings (SSSR count). The molecule has 0 heterocycles. The molecule has 1 aromatic carbocycles. The van der Waals surface area contributed by atoms with Gasteiger partial charge in [0.05, 0.1) is 11.4 Å². The molecule has 21 heavy (non-hydrogen) atoms. The van der Waals surface area contributed by atoms with Crippen LogP contribution in [-0.4, -0.2) is 42.1 Å². The maximum Gasteiger partial charge on any atom is 0.398 e. The second-order valence-corrected chi connectivity index (χ2v) is 7.55. The molecule has 0 saturated heterocycles. The van der Waals surface area contributed by atoms with Crippen LogP contribution in [-0.2, 0) is 35.7 Å². The van der Waals surface area contributed by atoms with Gasteiger partial charge in [-0.1, -0.05) is 6.07 Å². The molecule has 0 aromatic heterocycles. The maximum atomic E-state index is 11.9. The van der Waals surface area contributed by atoms with Gasteiger partial charge in [-0.3, -0.25) is 4.55 Å². The number of nitrogens with one attached hydrogen (secondary N) is 1. The van der Waals surface area contributed by atoms with E-state index in [1.54, 1.807) is 0 Å². The molecule has 0 fully saturated rings. The summed E-state index contributed by atoms with van der Waals surface area (Å²) in [4.78, 5) is -0.225. The lowest BCUT2D eigenvalue weighted by atomic mass is 10.3. The Bertz CT molecular complexity index is 730. The Morgan fingerprint density at radius 2 is 1.95 bits per heavy atom. The molecule has 0 aliphatic heterocycles. The standard InChI is InChI=1S/C8H12N2O8S3/c9-6-2-1-3-7(4-6)20(13,14)10-5-8(19(11)12)18-21(15,16)17/h1-4,8,10H,5,9H2,(H,11,12)(H,15,16,17). The minimum Gasteiger partial charge on any atom is -0.399 e. The molecule has 120 valence electrons. The van der Waals surface area contributed by atoms with E-state index in [0.717, 1.165) is 6.07 Å². The van der Waals surface area contributed by atoms with Gasteiger partial charge < -0.3 is 10.3 Å². The average molecular weight is 360 g/mol. The number of hydrogen-bond acceptors (Lipinski definition) is 7. The van der Waals surface area contributed by atoms with Crippen molar-refractivity contribution in [2.75, 3.05) is 12.3 Å². The third-order valence-electron chi connectivity index (χ3n) is 2.06. The summed E-state index contributed by atoms with van der Waals surface area (Å²) in [6.45, 7) is -0.861. The van der Waals surface area contributed by atoms with Gasteiger partial charge in [-0.25, -0.2) is 21.5 Å². The van der Waals surface area contributed by atoms with Crippen molar-refractivity contribution in [1.82, 2.24) is 4.72 Å². The Hall–Kier alpha value is -1.09. The van der Waals surface area contributed by atoms with Gasteiger partial charge in [-0.05, 0) is 18.2 Å². The average Bonchev–Trinajstić information content (AvgIpc) is 2.33.